The van der Waals surface area contributed by atoms with Gasteiger partial charge in [0.05, 0.1) is 22.2 Å². The second-order valence-corrected chi connectivity index (χ2v) is 12.0. The molecular weight excluding hydrogens is 583 g/mol. The van der Waals surface area contributed by atoms with E-state index < -0.39 is 0 Å². The van der Waals surface area contributed by atoms with Crippen molar-refractivity contribution in [2.75, 3.05) is 12.4 Å². The molecule has 0 saturated heterocycles. The Kier molecular flexibility index (Phi) is 7.35. The average Bonchev–Trinajstić information content (AvgIpc) is 3.66. The molecule has 1 N–H and O–H groups in total. The summed E-state index contributed by atoms with van der Waals surface area (Å²) in [5.41, 5.74) is 13.6. The molecule has 230 valence electrons. The highest BCUT2D eigenvalue weighted by atomic mass is 15.0. The van der Waals surface area contributed by atoms with Crippen LogP contribution in [0.1, 0.15) is 22.4 Å². The SMILES string of the molecule is C=Cc1c(C=C)n(-c2ccccc2)c2cc(-c3ccc(NC)c(/C=C\c4ccc5c6ccccc6n(-c6ccccc6)c5c4)c3)ccc12. The molecule has 0 unspecified atom stereocenters. The summed E-state index contributed by atoms with van der Waals surface area (Å²) in [6, 6.07) is 49.7. The van der Waals surface area contributed by atoms with Crippen LogP contribution in [-0.2, 0) is 0 Å². The maximum absolute atomic E-state index is 4.14. The van der Waals surface area contributed by atoms with Gasteiger partial charge in [0, 0.05) is 45.8 Å². The smallest absolute Gasteiger partial charge is 0.0547 e. The zero-order chi connectivity index (χ0) is 32.6. The number of anilines is 1. The van der Waals surface area contributed by atoms with E-state index in [1.54, 1.807) is 0 Å². The normalized spacial score (nSPS) is 11.5. The Balaban J connectivity index is 1.22. The highest BCUT2D eigenvalue weighted by Gasteiger charge is 2.16. The van der Waals surface area contributed by atoms with Crippen LogP contribution in [0.15, 0.2) is 153 Å². The number of hydrogen-bond acceptors (Lipinski definition) is 1. The fraction of sp³-hybridized carbons (Fsp3) is 0.0222. The van der Waals surface area contributed by atoms with Gasteiger partial charge in [-0.25, -0.2) is 0 Å². The van der Waals surface area contributed by atoms with Gasteiger partial charge in [0.15, 0.2) is 0 Å². The van der Waals surface area contributed by atoms with Crippen LogP contribution in [0.3, 0.4) is 0 Å². The van der Waals surface area contributed by atoms with Crippen molar-refractivity contribution in [1.82, 2.24) is 9.13 Å². The Bertz CT molecular complexity index is 2510. The third kappa shape index (κ3) is 4.85. The van der Waals surface area contributed by atoms with Crippen LogP contribution < -0.4 is 5.32 Å². The van der Waals surface area contributed by atoms with Gasteiger partial charge in [-0.3, -0.25) is 0 Å². The predicted octanol–water partition coefficient (Wildman–Crippen LogP) is 11.9. The molecule has 0 aliphatic heterocycles. The summed E-state index contributed by atoms with van der Waals surface area (Å²) in [4.78, 5) is 0. The molecule has 0 aliphatic rings. The van der Waals surface area contributed by atoms with E-state index in [4.69, 9.17) is 0 Å². The van der Waals surface area contributed by atoms with Gasteiger partial charge in [-0.05, 0) is 82.9 Å². The summed E-state index contributed by atoms with van der Waals surface area (Å²) in [5, 5.41) is 7.06. The first kappa shape index (κ1) is 29.1. The summed E-state index contributed by atoms with van der Waals surface area (Å²) in [7, 11) is 1.98. The molecule has 0 bridgehead atoms. The first-order valence-corrected chi connectivity index (χ1v) is 16.3. The van der Waals surface area contributed by atoms with Gasteiger partial charge >= 0.3 is 0 Å². The topological polar surface area (TPSA) is 21.9 Å². The predicted molar refractivity (Wildman–Crippen MR) is 208 cm³/mol. The molecule has 0 aliphatic carbocycles. The Morgan fingerprint density at radius 1 is 0.521 bits per heavy atom. The highest BCUT2D eigenvalue weighted by molar-refractivity contribution is 6.10. The second kappa shape index (κ2) is 12.1. The standard InChI is InChI=1S/C45H35N3/c1-4-37-39-26-23-33(30-45(39)47(42(37)5-2)35-14-8-6-9-15-35)32-24-27-41(46-3)34(29-32)22-20-31-21-25-40-38-18-12-13-19-43(38)48(44(40)28-31)36-16-10-7-11-17-36/h4-30,46H,1-2H2,3H3/b22-20-. The molecule has 6 aromatic carbocycles. The van der Waals surface area contributed by atoms with Crippen molar-refractivity contribution in [1.29, 1.82) is 0 Å². The maximum atomic E-state index is 4.14. The number of rotatable bonds is 8. The Labute approximate surface area is 281 Å². The van der Waals surface area contributed by atoms with Gasteiger partial charge in [-0.1, -0.05) is 116 Å². The van der Waals surface area contributed by atoms with Gasteiger partial charge in [0.2, 0.25) is 0 Å². The van der Waals surface area contributed by atoms with Crippen molar-refractivity contribution in [2.24, 2.45) is 0 Å². The van der Waals surface area contributed by atoms with Crippen molar-refractivity contribution in [3.8, 4) is 22.5 Å². The zero-order valence-corrected chi connectivity index (χ0v) is 26.9. The second-order valence-electron chi connectivity index (χ2n) is 12.0. The monoisotopic (exact) mass is 617 g/mol. The lowest BCUT2D eigenvalue weighted by Crippen LogP contribution is -1.96. The van der Waals surface area contributed by atoms with Crippen molar-refractivity contribution in [3.63, 3.8) is 0 Å². The molecule has 0 radical (unpaired) electrons. The van der Waals surface area contributed by atoms with Crippen LogP contribution in [-0.4, -0.2) is 16.2 Å². The van der Waals surface area contributed by atoms with E-state index in [1.807, 2.05) is 25.3 Å². The number of hydrogen-bond donors (Lipinski definition) is 1. The molecule has 0 amide bonds. The van der Waals surface area contributed by atoms with Crippen molar-refractivity contribution in [2.45, 2.75) is 0 Å². The van der Waals surface area contributed by atoms with Crippen LogP contribution >= 0.6 is 0 Å². The fourth-order valence-electron chi connectivity index (χ4n) is 7.02. The van der Waals surface area contributed by atoms with Crippen LogP contribution in [0.25, 0.3) is 79.5 Å². The molecule has 0 saturated carbocycles. The number of fused-ring (bicyclic) bond motifs is 4. The highest BCUT2D eigenvalue weighted by Crippen LogP contribution is 2.36. The molecule has 0 atom stereocenters. The molecule has 2 heterocycles. The van der Waals surface area contributed by atoms with Crippen molar-refractivity contribution in [3.05, 3.63) is 175 Å². The van der Waals surface area contributed by atoms with Crippen LogP contribution in [0, 0.1) is 0 Å². The lowest BCUT2D eigenvalue weighted by molar-refractivity contribution is 1.11. The number of aromatic nitrogens is 2. The molecule has 48 heavy (non-hydrogen) atoms. The number of para-hydroxylation sites is 3. The summed E-state index contributed by atoms with van der Waals surface area (Å²) in [6.07, 6.45) is 8.27. The van der Waals surface area contributed by atoms with E-state index in [0.717, 1.165) is 61.5 Å². The van der Waals surface area contributed by atoms with E-state index in [1.165, 1.54) is 21.8 Å². The summed E-state index contributed by atoms with van der Waals surface area (Å²) < 4.78 is 4.63. The molecule has 8 rings (SSSR count). The summed E-state index contributed by atoms with van der Waals surface area (Å²) in [6.45, 7) is 8.27. The van der Waals surface area contributed by atoms with Crippen molar-refractivity contribution >= 4 is 62.7 Å². The van der Waals surface area contributed by atoms with Gasteiger partial charge in [-0.2, -0.15) is 0 Å². The zero-order valence-electron chi connectivity index (χ0n) is 26.9. The van der Waals surface area contributed by atoms with Crippen molar-refractivity contribution < 1.29 is 0 Å². The molecule has 0 spiro atoms. The Morgan fingerprint density at radius 2 is 1.15 bits per heavy atom. The van der Waals surface area contributed by atoms with Crippen LogP contribution in [0.4, 0.5) is 5.69 Å². The molecule has 2 aromatic heterocycles. The van der Waals surface area contributed by atoms with Crippen LogP contribution in [0.2, 0.25) is 0 Å². The van der Waals surface area contributed by atoms with E-state index in [0.29, 0.717) is 0 Å². The van der Waals surface area contributed by atoms with Gasteiger partial charge in [0.1, 0.15) is 0 Å². The molecule has 3 heteroatoms. The third-order valence-electron chi connectivity index (χ3n) is 9.28. The van der Waals surface area contributed by atoms with Crippen LogP contribution in [0.5, 0.6) is 0 Å². The summed E-state index contributed by atoms with van der Waals surface area (Å²) >= 11 is 0. The molecule has 0 fully saturated rings. The van der Waals surface area contributed by atoms with E-state index >= 15 is 0 Å². The van der Waals surface area contributed by atoms with E-state index in [2.05, 4.69) is 173 Å². The molecule has 8 aromatic rings. The fourth-order valence-corrected chi connectivity index (χ4v) is 7.02. The first-order chi connectivity index (χ1) is 23.7. The quantitative estimate of drug-likeness (QED) is 0.168. The average molecular weight is 618 g/mol. The first-order valence-electron chi connectivity index (χ1n) is 16.3. The largest absolute Gasteiger partial charge is 0.388 e. The Hall–Kier alpha value is -6.32. The lowest BCUT2D eigenvalue weighted by Gasteiger charge is -2.12. The Morgan fingerprint density at radius 3 is 1.88 bits per heavy atom. The number of nitrogens with zero attached hydrogens (tertiary/aromatic N) is 2. The summed E-state index contributed by atoms with van der Waals surface area (Å²) in [5.74, 6) is 0. The van der Waals surface area contributed by atoms with Gasteiger partial charge in [0.25, 0.3) is 0 Å². The minimum absolute atomic E-state index is 1.04. The lowest BCUT2D eigenvalue weighted by atomic mass is 9.99. The third-order valence-corrected chi connectivity index (χ3v) is 9.28. The van der Waals surface area contributed by atoms with Gasteiger partial charge in [-0.15, -0.1) is 0 Å². The molecular formula is C45H35N3. The minimum atomic E-state index is 1.04. The minimum Gasteiger partial charge on any atom is -0.388 e. The molecule has 3 nitrogen and oxygen atoms in total. The van der Waals surface area contributed by atoms with E-state index in [-0.39, 0.29) is 0 Å². The number of benzene rings is 6. The van der Waals surface area contributed by atoms with Gasteiger partial charge < -0.3 is 14.5 Å². The van der Waals surface area contributed by atoms with E-state index in [9.17, 15) is 0 Å². The maximum Gasteiger partial charge on any atom is 0.0547 e. The number of nitrogens with one attached hydrogen (secondary N) is 1.